The Morgan fingerprint density at radius 1 is 1.48 bits per heavy atom. The van der Waals surface area contributed by atoms with Gasteiger partial charge >= 0.3 is 5.69 Å². The molecular weight excluding hydrogens is 270 g/mol. The van der Waals surface area contributed by atoms with Crippen LogP contribution < -0.4 is 10.2 Å². The lowest BCUT2D eigenvalue weighted by molar-refractivity contribution is -0.384. The zero-order valence-corrected chi connectivity index (χ0v) is 13.1. The van der Waals surface area contributed by atoms with Crippen LogP contribution in [0.4, 0.5) is 11.5 Å². The fraction of sp³-hybridized carbons (Fsp3) is 0.786. The summed E-state index contributed by atoms with van der Waals surface area (Å²) in [7, 11) is 1.96. The van der Waals surface area contributed by atoms with Gasteiger partial charge in [-0.15, -0.1) is 0 Å². The van der Waals surface area contributed by atoms with Gasteiger partial charge in [0.05, 0.1) is 4.92 Å². The van der Waals surface area contributed by atoms with Crippen LogP contribution in [-0.4, -0.2) is 40.9 Å². The van der Waals surface area contributed by atoms with E-state index < -0.39 is 0 Å². The Bertz CT molecular complexity index is 492. The summed E-state index contributed by atoms with van der Waals surface area (Å²) in [5.41, 5.74) is 0.658. The van der Waals surface area contributed by atoms with E-state index in [9.17, 15) is 10.1 Å². The van der Waals surface area contributed by atoms with Gasteiger partial charge in [-0.3, -0.25) is 10.1 Å². The highest BCUT2D eigenvalue weighted by atomic mass is 16.6. The Kier molecular flexibility index (Phi) is 5.17. The van der Waals surface area contributed by atoms with E-state index in [1.165, 1.54) is 0 Å². The number of hydrogen-bond donors (Lipinski definition) is 1. The van der Waals surface area contributed by atoms with Gasteiger partial charge in [-0.2, -0.15) is 5.10 Å². The van der Waals surface area contributed by atoms with Gasteiger partial charge in [0.25, 0.3) is 0 Å². The maximum absolute atomic E-state index is 11.4. The quantitative estimate of drug-likeness (QED) is 0.665. The van der Waals surface area contributed by atoms with Crippen LogP contribution in [0.15, 0.2) is 0 Å². The molecule has 1 aromatic rings. The monoisotopic (exact) mass is 295 g/mol. The van der Waals surface area contributed by atoms with E-state index in [2.05, 4.69) is 22.2 Å². The van der Waals surface area contributed by atoms with Crippen molar-refractivity contribution in [2.45, 2.75) is 52.1 Å². The van der Waals surface area contributed by atoms with Crippen LogP contribution in [0.3, 0.4) is 0 Å². The van der Waals surface area contributed by atoms with Crippen molar-refractivity contribution >= 4 is 11.5 Å². The predicted molar refractivity (Wildman–Crippen MR) is 82.8 cm³/mol. The number of hydrogen-bond acceptors (Lipinski definition) is 5. The summed E-state index contributed by atoms with van der Waals surface area (Å²) in [4.78, 5) is 13.2. The molecule has 2 rings (SSSR count). The normalized spacial score (nSPS) is 19.3. The van der Waals surface area contributed by atoms with E-state index in [1.807, 2.05) is 7.05 Å². The molecule has 1 fully saturated rings. The van der Waals surface area contributed by atoms with Crippen molar-refractivity contribution in [1.29, 1.82) is 0 Å². The molecule has 7 heteroatoms. The highest BCUT2D eigenvalue weighted by molar-refractivity contribution is 5.61. The van der Waals surface area contributed by atoms with Crippen molar-refractivity contribution in [1.82, 2.24) is 15.1 Å². The van der Waals surface area contributed by atoms with Crippen LogP contribution in [-0.2, 0) is 6.54 Å². The summed E-state index contributed by atoms with van der Waals surface area (Å²) in [6.45, 7) is 6.47. The molecule has 1 saturated heterocycles. The lowest BCUT2D eigenvalue weighted by Crippen LogP contribution is -2.34. The molecule has 2 heterocycles. The van der Waals surface area contributed by atoms with Gasteiger partial charge in [-0.25, -0.2) is 4.68 Å². The summed E-state index contributed by atoms with van der Waals surface area (Å²) < 4.78 is 1.80. The van der Waals surface area contributed by atoms with Gasteiger partial charge in [0.1, 0.15) is 5.69 Å². The van der Waals surface area contributed by atoms with Gasteiger partial charge < -0.3 is 10.2 Å². The Hall–Kier alpha value is -1.63. The van der Waals surface area contributed by atoms with Crippen molar-refractivity contribution in [3.63, 3.8) is 0 Å². The molecule has 1 aliphatic heterocycles. The number of aryl methyl sites for hydroxylation is 2. The summed E-state index contributed by atoms with van der Waals surface area (Å²) in [5.74, 6) is 0.659. The van der Waals surface area contributed by atoms with Crippen LogP contribution >= 0.6 is 0 Å². The van der Waals surface area contributed by atoms with Crippen molar-refractivity contribution in [3.8, 4) is 0 Å². The van der Waals surface area contributed by atoms with E-state index in [0.29, 0.717) is 24.1 Å². The Morgan fingerprint density at radius 2 is 2.24 bits per heavy atom. The molecule has 1 unspecified atom stereocenters. The lowest BCUT2D eigenvalue weighted by atomic mass is 10.1. The first kappa shape index (κ1) is 15.8. The molecule has 118 valence electrons. The Morgan fingerprint density at radius 3 is 2.90 bits per heavy atom. The number of nitrogens with zero attached hydrogens (tertiary/aromatic N) is 4. The first-order valence-electron chi connectivity index (χ1n) is 7.71. The summed E-state index contributed by atoms with van der Waals surface area (Å²) >= 11 is 0. The van der Waals surface area contributed by atoms with Crippen LogP contribution in [0.1, 0.15) is 38.3 Å². The highest BCUT2D eigenvalue weighted by Gasteiger charge is 2.31. The number of anilines is 1. The molecule has 0 bridgehead atoms. The van der Waals surface area contributed by atoms with Crippen molar-refractivity contribution < 1.29 is 4.92 Å². The maximum atomic E-state index is 11.4. The van der Waals surface area contributed by atoms with Crippen LogP contribution in [0.2, 0.25) is 0 Å². The molecular formula is C14H25N5O2. The molecule has 7 nitrogen and oxygen atoms in total. The van der Waals surface area contributed by atoms with E-state index in [-0.39, 0.29) is 10.6 Å². The number of aromatic nitrogens is 2. The zero-order chi connectivity index (χ0) is 15.4. The number of nitrogens with one attached hydrogen (secondary N) is 1. The minimum atomic E-state index is -0.296. The smallest absolute Gasteiger partial charge is 0.333 e. The van der Waals surface area contributed by atoms with Crippen molar-refractivity contribution in [3.05, 3.63) is 15.8 Å². The fourth-order valence-corrected chi connectivity index (χ4v) is 3.05. The van der Waals surface area contributed by atoms with Crippen LogP contribution in [0.5, 0.6) is 0 Å². The van der Waals surface area contributed by atoms with Crippen LogP contribution in [0, 0.1) is 17.0 Å². The molecule has 0 radical (unpaired) electrons. The number of nitro groups is 1. The minimum Gasteiger partial charge on any atom is -0.351 e. The Labute approximate surface area is 125 Å². The second-order valence-electron chi connectivity index (χ2n) is 5.68. The van der Waals surface area contributed by atoms with Crippen molar-refractivity contribution in [2.24, 2.45) is 0 Å². The minimum absolute atomic E-state index is 0.156. The van der Waals surface area contributed by atoms with Gasteiger partial charge in [-0.05, 0) is 45.7 Å². The lowest BCUT2D eigenvalue weighted by Gasteiger charge is -2.28. The van der Waals surface area contributed by atoms with Crippen LogP contribution in [0.25, 0.3) is 0 Å². The largest absolute Gasteiger partial charge is 0.351 e. The zero-order valence-electron chi connectivity index (χ0n) is 13.1. The molecule has 1 atom stereocenters. The molecule has 21 heavy (non-hydrogen) atoms. The van der Waals surface area contributed by atoms with Gasteiger partial charge in [0.2, 0.25) is 5.82 Å². The summed E-state index contributed by atoms with van der Waals surface area (Å²) in [5, 5.41) is 19.2. The topological polar surface area (TPSA) is 76.2 Å². The van der Waals surface area contributed by atoms with E-state index in [0.717, 1.165) is 38.8 Å². The summed E-state index contributed by atoms with van der Waals surface area (Å²) in [6, 6.07) is 0.324. The highest BCUT2D eigenvalue weighted by Crippen LogP contribution is 2.33. The molecule has 1 aromatic heterocycles. The molecule has 0 saturated carbocycles. The van der Waals surface area contributed by atoms with E-state index in [4.69, 9.17) is 0 Å². The summed E-state index contributed by atoms with van der Waals surface area (Å²) in [6.07, 6.45) is 4.07. The molecule has 0 aromatic carbocycles. The van der Waals surface area contributed by atoms with Gasteiger partial charge in [0.15, 0.2) is 0 Å². The average Bonchev–Trinajstić information content (AvgIpc) is 2.64. The first-order valence-corrected chi connectivity index (χ1v) is 7.71. The van der Waals surface area contributed by atoms with Crippen molar-refractivity contribution in [2.75, 3.05) is 25.0 Å². The molecule has 0 aliphatic carbocycles. The SMILES string of the molecule is CCCn1nc(C)c([N+](=O)[O-])c1N(C)C1CCCNCC1. The third-order valence-corrected chi connectivity index (χ3v) is 4.11. The Balaban J connectivity index is 2.36. The predicted octanol–water partition coefficient (Wildman–Crippen LogP) is 2.09. The molecule has 0 spiro atoms. The van der Waals surface area contributed by atoms with E-state index in [1.54, 1.807) is 11.6 Å². The van der Waals surface area contributed by atoms with Gasteiger partial charge in [-0.1, -0.05) is 6.92 Å². The van der Waals surface area contributed by atoms with E-state index >= 15 is 0 Å². The maximum Gasteiger partial charge on any atom is 0.333 e. The third kappa shape index (κ3) is 3.34. The first-order chi connectivity index (χ1) is 10.1. The molecule has 1 N–H and O–H groups in total. The third-order valence-electron chi connectivity index (χ3n) is 4.11. The standard InChI is InChI=1S/C14H25N5O2/c1-4-10-18-14(13(19(20)21)11(2)16-18)17(3)12-6-5-8-15-9-7-12/h12,15H,4-10H2,1-3H3. The molecule has 1 aliphatic rings. The second-order valence-corrected chi connectivity index (χ2v) is 5.68. The second kappa shape index (κ2) is 6.89. The average molecular weight is 295 g/mol. The fourth-order valence-electron chi connectivity index (χ4n) is 3.05. The molecule has 0 amide bonds. The van der Waals surface area contributed by atoms with Gasteiger partial charge in [0, 0.05) is 19.6 Å². The number of rotatable bonds is 5.